The zero-order chi connectivity index (χ0) is 11.2. The van der Waals surface area contributed by atoms with Gasteiger partial charge in [-0.05, 0) is 19.3 Å². The van der Waals surface area contributed by atoms with Crippen LogP contribution in [0.25, 0.3) is 0 Å². The summed E-state index contributed by atoms with van der Waals surface area (Å²) >= 11 is 0. The van der Waals surface area contributed by atoms with Gasteiger partial charge < -0.3 is 0 Å². The first-order valence-electron chi connectivity index (χ1n) is 7.27. The fourth-order valence-corrected chi connectivity index (χ4v) is 3.01. The molecule has 0 atom stereocenters. The van der Waals surface area contributed by atoms with Gasteiger partial charge in [0.15, 0.2) is 0 Å². The van der Waals surface area contributed by atoms with Crippen LogP contribution in [0.3, 0.4) is 0 Å². The van der Waals surface area contributed by atoms with E-state index in [2.05, 4.69) is 16.4 Å². The largest absolute Gasteiger partial charge is 0.262 e. The Morgan fingerprint density at radius 2 is 1.88 bits per heavy atom. The van der Waals surface area contributed by atoms with Crippen molar-refractivity contribution in [3.8, 4) is 0 Å². The van der Waals surface area contributed by atoms with Gasteiger partial charge in [-0.15, -0.1) is 0 Å². The van der Waals surface area contributed by atoms with Crippen molar-refractivity contribution < 1.29 is 4.58 Å². The predicted molar refractivity (Wildman–Crippen MR) is 69.2 cm³/mol. The molecule has 16 heavy (non-hydrogen) atoms. The molecule has 0 unspecified atom stereocenters. The zero-order valence-electron chi connectivity index (χ0n) is 10.9. The van der Waals surface area contributed by atoms with Crippen LogP contribution in [0.15, 0.2) is 0 Å². The van der Waals surface area contributed by atoms with Crippen LogP contribution in [0.4, 0.5) is 0 Å². The van der Waals surface area contributed by atoms with Crippen molar-refractivity contribution in [2.45, 2.75) is 58.3 Å². The molecule has 92 valence electrons. The standard InChI is InChI=1S/C14H27N2/c1-2-3-4-5-6-7-10-15-12-13-16-11-8-9-14(15)16/h2-13H2,1H3/q+1. The second-order valence-electron chi connectivity index (χ2n) is 5.26. The second kappa shape index (κ2) is 6.27. The monoisotopic (exact) mass is 223 g/mol. The molecular weight excluding hydrogens is 196 g/mol. The lowest BCUT2D eigenvalue weighted by molar-refractivity contribution is -0.510. The van der Waals surface area contributed by atoms with Gasteiger partial charge in [0.05, 0.1) is 19.5 Å². The highest BCUT2D eigenvalue weighted by Crippen LogP contribution is 2.15. The van der Waals surface area contributed by atoms with Gasteiger partial charge in [-0.2, -0.15) is 0 Å². The Balaban J connectivity index is 1.57. The third-order valence-electron chi connectivity index (χ3n) is 3.98. The maximum absolute atomic E-state index is 2.65. The number of hydrogen-bond donors (Lipinski definition) is 0. The van der Waals surface area contributed by atoms with E-state index in [1.54, 1.807) is 5.84 Å². The molecule has 2 heteroatoms. The number of amidine groups is 1. The summed E-state index contributed by atoms with van der Waals surface area (Å²) < 4.78 is 2.59. The maximum Gasteiger partial charge on any atom is 0.247 e. The van der Waals surface area contributed by atoms with Gasteiger partial charge in [0.2, 0.25) is 5.84 Å². The molecule has 0 saturated heterocycles. The Labute approximate surface area is 100 Å². The molecule has 0 aromatic rings. The lowest BCUT2D eigenvalue weighted by atomic mass is 10.1. The van der Waals surface area contributed by atoms with Crippen molar-refractivity contribution in [2.24, 2.45) is 0 Å². The van der Waals surface area contributed by atoms with Gasteiger partial charge in [-0.25, -0.2) is 0 Å². The summed E-state index contributed by atoms with van der Waals surface area (Å²) in [5.74, 6) is 1.66. The number of rotatable bonds is 7. The molecule has 0 aromatic carbocycles. The van der Waals surface area contributed by atoms with Crippen molar-refractivity contribution in [3.63, 3.8) is 0 Å². The summed E-state index contributed by atoms with van der Waals surface area (Å²) in [4.78, 5) is 2.65. The van der Waals surface area contributed by atoms with Crippen molar-refractivity contribution >= 4 is 5.84 Å². The smallest absolute Gasteiger partial charge is 0.247 e. The minimum Gasteiger partial charge on any atom is -0.262 e. The van der Waals surface area contributed by atoms with E-state index in [9.17, 15) is 0 Å². The van der Waals surface area contributed by atoms with E-state index < -0.39 is 0 Å². The normalized spacial score (nSPS) is 19.7. The first-order valence-corrected chi connectivity index (χ1v) is 7.27. The van der Waals surface area contributed by atoms with E-state index in [1.807, 2.05) is 0 Å². The molecule has 0 saturated carbocycles. The van der Waals surface area contributed by atoms with E-state index in [4.69, 9.17) is 0 Å². The minimum absolute atomic E-state index is 1.30. The summed E-state index contributed by atoms with van der Waals surface area (Å²) in [6.07, 6.45) is 11.2. The van der Waals surface area contributed by atoms with Crippen molar-refractivity contribution in [1.82, 2.24) is 4.90 Å². The van der Waals surface area contributed by atoms with Gasteiger partial charge in [0.25, 0.3) is 0 Å². The highest BCUT2D eigenvalue weighted by Gasteiger charge is 2.32. The maximum atomic E-state index is 2.65. The third-order valence-corrected chi connectivity index (χ3v) is 3.98. The summed E-state index contributed by atoms with van der Waals surface area (Å²) in [5.41, 5.74) is 0. The fraction of sp³-hybridized carbons (Fsp3) is 0.929. The van der Waals surface area contributed by atoms with Crippen LogP contribution in [0.1, 0.15) is 58.3 Å². The lowest BCUT2D eigenvalue weighted by Crippen LogP contribution is -2.28. The van der Waals surface area contributed by atoms with Crippen LogP contribution in [-0.2, 0) is 0 Å². The first kappa shape index (κ1) is 11.9. The molecule has 2 aliphatic heterocycles. The average molecular weight is 223 g/mol. The minimum atomic E-state index is 1.30. The molecule has 0 bridgehead atoms. The molecule has 0 N–H and O–H groups in total. The van der Waals surface area contributed by atoms with E-state index in [1.165, 1.54) is 77.5 Å². The van der Waals surface area contributed by atoms with Crippen LogP contribution in [0, 0.1) is 0 Å². The Morgan fingerprint density at radius 1 is 1.06 bits per heavy atom. The molecule has 0 amide bonds. The lowest BCUT2D eigenvalue weighted by Gasteiger charge is -2.11. The summed E-state index contributed by atoms with van der Waals surface area (Å²) in [6.45, 7) is 7.52. The van der Waals surface area contributed by atoms with Crippen LogP contribution < -0.4 is 0 Å². The molecule has 2 rings (SSSR count). The first-order chi connectivity index (χ1) is 7.92. The van der Waals surface area contributed by atoms with Crippen molar-refractivity contribution in [3.05, 3.63) is 0 Å². The Morgan fingerprint density at radius 3 is 2.75 bits per heavy atom. The average Bonchev–Trinajstić information content (AvgIpc) is 2.87. The van der Waals surface area contributed by atoms with Crippen LogP contribution in [0.2, 0.25) is 0 Å². The van der Waals surface area contributed by atoms with Gasteiger partial charge in [-0.3, -0.25) is 9.48 Å². The molecule has 0 spiro atoms. The summed E-state index contributed by atoms with van der Waals surface area (Å²) in [6, 6.07) is 0. The Kier molecular flexibility index (Phi) is 4.68. The third kappa shape index (κ3) is 2.99. The molecule has 2 heterocycles. The molecule has 0 radical (unpaired) electrons. The van der Waals surface area contributed by atoms with E-state index >= 15 is 0 Å². The summed E-state index contributed by atoms with van der Waals surface area (Å²) in [5, 5.41) is 0. The van der Waals surface area contributed by atoms with Gasteiger partial charge in [0.1, 0.15) is 13.1 Å². The summed E-state index contributed by atoms with van der Waals surface area (Å²) in [7, 11) is 0. The number of unbranched alkanes of at least 4 members (excludes halogenated alkanes) is 5. The van der Waals surface area contributed by atoms with Crippen LogP contribution in [0.5, 0.6) is 0 Å². The highest BCUT2D eigenvalue weighted by molar-refractivity contribution is 5.79. The van der Waals surface area contributed by atoms with Gasteiger partial charge >= 0.3 is 0 Å². The molecule has 0 aromatic heterocycles. The second-order valence-corrected chi connectivity index (χ2v) is 5.26. The predicted octanol–water partition coefficient (Wildman–Crippen LogP) is 2.87. The van der Waals surface area contributed by atoms with E-state index in [-0.39, 0.29) is 0 Å². The van der Waals surface area contributed by atoms with Crippen LogP contribution >= 0.6 is 0 Å². The molecule has 0 fully saturated rings. The van der Waals surface area contributed by atoms with Gasteiger partial charge in [-0.1, -0.05) is 32.6 Å². The Bertz CT molecular complexity index is 245. The molecule has 2 aliphatic rings. The number of hydrogen-bond acceptors (Lipinski definition) is 1. The molecule has 0 aliphatic carbocycles. The molecule has 2 nitrogen and oxygen atoms in total. The number of nitrogens with zero attached hydrogens (tertiary/aromatic N) is 2. The van der Waals surface area contributed by atoms with Gasteiger partial charge in [0, 0.05) is 0 Å². The zero-order valence-corrected chi connectivity index (χ0v) is 10.9. The Hall–Kier alpha value is -0.530. The SMILES string of the molecule is CCCCCCCCN1CC[N+]2=C1CCC2. The van der Waals surface area contributed by atoms with Crippen molar-refractivity contribution in [1.29, 1.82) is 0 Å². The topological polar surface area (TPSA) is 6.25 Å². The van der Waals surface area contributed by atoms with Crippen LogP contribution in [-0.4, -0.2) is 41.5 Å². The quantitative estimate of drug-likeness (QED) is 0.475. The van der Waals surface area contributed by atoms with Crippen molar-refractivity contribution in [2.75, 3.05) is 26.2 Å². The van der Waals surface area contributed by atoms with E-state index in [0.29, 0.717) is 0 Å². The van der Waals surface area contributed by atoms with E-state index in [0.717, 1.165) is 0 Å². The molecular formula is C14H27N2+. The fourth-order valence-electron chi connectivity index (χ4n) is 3.01. The highest BCUT2D eigenvalue weighted by atomic mass is 15.3.